The van der Waals surface area contributed by atoms with Crippen LogP contribution in [-0.4, -0.2) is 6.04 Å². The zero-order chi connectivity index (χ0) is 13.0. The zero-order valence-electron chi connectivity index (χ0n) is 11.1. The summed E-state index contributed by atoms with van der Waals surface area (Å²) >= 11 is 0. The Morgan fingerprint density at radius 2 is 1.56 bits per heavy atom. The van der Waals surface area contributed by atoms with Gasteiger partial charge in [-0.25, -0.2) is 0 Å². The van der Waals surface area contributed by atoms with Crippen LogP contribution in [0.2, 0.25) is 0 Å². The van der Waals surface area contributed by atoms with Crippen LogP contribution in [0.25, 0.3) is 0 Å². The molecule has 0 amide bonds. The van der Waals surface area contributed by atoms with Gasteiger partial charge >= 0.3 is 0 Å². The highest BCUT2D eigenvalue weighted by molar-refractivity contribution is 5.28. The number of hydrogen-bond acceptors (Lipinski definition) is 1. The van der Waals surface area contributed by atoms with Crippen molar-refractivity contribution in [2.45, 2.75) is 32.2 Å². The van der Waals surface area contributed by atoms with E-state index < -0.39 is 0 Å². The SMILES string of the molecule is Cc1ccccc1CC(N)C(C)c1ccccc1. The molecule has 2 N–H and O–H groups in total. The first-order valence-corrected chi connectivity index (χ1v) is 6.53. The second-order valence-electron chi connectivity index (χ2n) is 4.99. The maximum Gasteiger partial charge on any atom is 0.0146 e. The van der Waals surface area contributed by atoms with E-state index in [4.69, 9.17) is 5.73 Å². The van der Waals surface area contributed by atoms with Gasteiger partial charge in [0.2, 0.25) is 0 Å². The van der Waals surface area contributed by atoms with Crippen LogP contribution in [0.15, 0.2) is 54.6 Å². The van der Waals surface area contributed by atoms with Crippen LogP contribution in [0.1, 0.15) is 29.5 Å². The van der Waals surface area contributed by atoms with Gasteiger partial charge in [-0.15, -0.1) is 0 Å². The monoisotopic (exact) mass is 239 g/mol. The summed E-state index contributed by atoms with van der Waals surface area (Å²) in [5, 5.41) is 0. The van der Waals surface area contributed by atoms with E-state index in [0.29, 0.717) is 5.92 Å². The van der Waals surface area contributed by atoms with Crippen molar-refractivity contribution in [3.8, 4) is 0 Å². The zero-order valence-corrected chi connectivity index (χ0v) is 11.1. The fourth-order valence-corrected chi connectivity index (χ4v) is 2.27. The Bertz CT molecular complexity index is 490. The van der Waals surface area contributed by atoms with Crippen LogP contribution in [0, 0.1) is 6.92 Å². The largest absolute Gasteiger partial charge is 0.327 e. The average Bonchev–Trinajstić information content (AvgIpc) is 2.41. The third kappa shape index (κ3) is 2.99. The molecule has 0 aliphatic rings. The van der Waals surface area contributed by atoms with E-state index >= 15 is 0 Å². The molecule has 2 rings (SSSR count). The molecule has 2 aromatic rings. The van der Waals surface area contributed by atoms with E-state index in [-0.39, 0.29) is 6.04 Å². The predicted molar refractivity (Wildman–Crippen MR) is 77.7 cm³/mol. The highest BCUT2D eigenvalue weighted by Gasteiger charge is 2.15. The Labute approximate surface area is 110 Å². The van der Waals surface area contributed by atoms with E-state index in [1.165, 1.54) is 16.7 Å². The van der Waals surface area contributed by atoms with Gasteiger partial charge in [0.05, 0.1) is 0 Å². The van der Waals surface area contributed by atoms with Crippen LogP contribution < -0.4 is 5.73 Å². The lowest BCUT2D eigenvalue weighted by Crippen LogP contribution is -2.29. The Hall–Kier alpha value is -1.60. The fourth-order valence-electron chi connectivity index (χ4n) is 2.27. The summed E-state index contributed by atoms with van der Waals surface area (Å²) in [6.45, 7) is 4.35. The third-order valence-electron chi connectivity index (χ3n) is 3.68. The van der Waals surface area contributed by atoms with Crippen LogP contribution in [0.3, 0.4) is 0 Å². The Kier molecular flexibility index (Phi) is 4.16. The van der Waals surface area contributed by atoms with Crippen molar-refractivity contribution >= 4 is 0 Å². The molecule has 0 bridgehead atoms. The molecule has 94 valence electrons. The summed E-state index contributed by atoms with van der Waals surface area (Å²) in [6.07, 6.45) is 0.933. The molecule has 0 aliphatic heterocycles. The highest BCUT2D eigenvalue weighted by atomic mass is 14.6. The molecule has 0 aromatic heterocycles. The molecule has 0 fully saturated rings. The van der Waals surface area contributed by atoms with Gasteiger partial charge in [0.15, 0.2) is 0 Å². The number of nitrogens with two attached hydrogens (primary N) is 1. The molecule has 18 heavy (non-hydrogen) atoms. The summed E-state index contributed by atoms with van der Waals surface area (Å²) in [4.78, 5) is 0. The summed E-state index contributed by atoms with van der Waals surface area (Å²) in [5.41, 5.74) is 10.3. The number of rotatable bonds is 4. The Morgan fingerprint density at radius 1 is 0.944 bits per heavy atom. The smallest absolute Gasteiger partial charge is 0.0146 e. The summed E-state index contributed by atoms with van der Waals surface area (Å²) in [5.74, 6) is 0.380. The molecular formula is C17H21N. The average molecular weight is 239 g/mol. The van der Waals surface area contributed by atoms with Crippen molar-refractivity contribution in [2.75, 3.05) is 0 Å². The second kappa shape index (κ2) is 5.83. The predicted octanol–water partition coefficient (Wildman–Crippen LogP) is 3.67. The van der Waals surface area contributed by atoms with E-state index in [0.717, 1.165) is 6.42 Å². The van der Waals surface area contributed by atoms with Gasteiger partial charge in [-0.3, -0.25) is 0 Å². The van der Waals surface area contributed by atoms with Gasteiger partial charge in [0.1, 0.15) is 0 Å². The van der Waals surface area contributed by atoms with Gasteiger partial charge in [-0.1, -0.05) is 61.5 Å². The molecule has 0 saturated carbocycles. The van der Waals surface area contributed by atoms with Crippen LogP contribution in [0.5, 0.6) is 0 Å². The highest BCUT2D eigenvalue weighted by Crippen LogP contribution is 2.21. The minimum atomic E-state index is 0.161. The van der Waals surface area contributed by atoms with Crippen LogP contribution in [0.4, 0.5) is 0 Å². The first-order valence-electron chi connectivity index (χ1n) is 6.53. The summed E-state index contributed by atoms with van der Waals surface area (Å²) in [6, 6.07) is 19.1. The van der Waals surface area contributed by atoms with Crippen molar-refractivity contribution < 1.29 is 0 Å². The van der Waals surface area contributed by atoms with Crippen molar-refractivity contribution in [1.82, 2.24) is 0 Å². The maximum atomic E-state index is 6.35. The topological polar surface area (TPSA) is 26.0 Å². The summed E-state index contributed by atoms with van der Waals surface area (Å²) < 4.78 is 0. The Morgan fingerprint density at radius 3 is 2.22 bits per heavy atom. The molecule has 0 radical (unpaired) electrons. The molecule has 0 aliphatic carbocycles. The van der Waals surface area contributed by atoms with Gasteiger partial charge in [0.25, 0.3) is 0 Å². The molecule has 0 saturated heterocycles. The fraction of sp³-hybridized carbons (Fsp3) is 0.294. The lowest BCUT2D eigenvalue weighted by Gasteiger charge is -2.21. The number of hydrogen-bond donors (Lipinski definition) is 1. The molecule has 1 heteroatoms. The van der Waals surface area contributed by atoms with Crippen molar-refractivity contribution in [2.24, 2.45) is 5.73 Å². The lowest BCUT2D eigenvalue weighted by atomic mass is 9.89. The lowest BCUT2D eigenvalue weighted by molar-refractivity contribution is 0.563. The van der Waals surface area contributed by atoms with Crippen molar-refractivity contribution in [3.05, 3.63) is 71.3 Å². The molecule has 1 nitrogen and oxygen atoms in total. The van der Waals surface area contributed by atoms with Gasteiger partial charge in [0, 0.05) is 6.04 Å². The normalized spacial score (nSPS) is 14.2. The first kappa shape index (κ1) is 12.8. The maximum absolute atomic E-state index is 6.35. The van der Waals surface area contributed by atoms with E-state index in [2.05, 4.69) is 62.4 Å². The molecular weight excluding hydrogens is 218 g/mol. The van der Waals surface area contributed by atoms with Crippen LogP contribution in [-0.2, 0) is 6.42 Å². The number of aryl methyl sites for hydroxylation is 1. The third-order valence-corrected chi connectivity index (χ3v) is 3.68. The van der Waals surface area contributed by atoms with E-state index in [1.807, 2.05) is 6.07 Å². The quantitative estimate of drug-likeness (QED) is 0.865. The van der Waals surface area contributed by atoms with E-state index in [1.54, 1.807) is 0 Å². The summed E-state index contributed by atoms with van der Waals surface area (Å²) in [7, 11) is 0. The first-order chi connectivity index (χ1) is 8.68. The van der Waals surface area contributed by atoms with Gasteiger partial charge < -0.3 is 5.73 Å². The van der Waals surface area contributed by atoms with E-state index in [9.17, 15) is 0 Å². The molecule has 0 heterocycles. The minimum Gasteiger partial charge on any atom is -0.327 e. The molecule has 2 aromatic carbocycles. The van der Waals surface area contributed by atoms with Gasteiger partial charge in [-0.05, 0) is 36.0 Å². The molecule has 0 spiro atoms. The van der Waals surface area contributed by atoms with Gasteiger partial charge in [-0.2, -0.15) is 0 Å². The minimum absolute atomic E-state index is 0.161. The standard InChI is InChI=1S/C17H21N/c1-13-8-6-7-11-16(13)12-17(18)14(2)15-9-4-3-5-10-15/h3-11,14,17H,12,18H2,1-2H3. The van der Waals surface area contributed by atoms with Crippen LogP contribution >= 0.6 is 0 Å². The second-order valence-corrected chi connectivity index (χ2v) is 4.99. The molecule has 2 atom stereocenters. The Balaban J connectivity index is 2.09. The van der Waals surface area contributed by atoms with Crippen molar-refractivity contribution in [3.63, 3.8) is 0 Å². The van der Waals surface area contributed by atoms with Crippen molar-refractivity contribution in [1.29, 1.82) is 0 Å². The number of benzene rings is 2. The molecule has 2 unspecified atom stereocenters.